The average molecular weight is 555 g/mol. The lowest BCUT2D eigenvalue weighted by Gasteiger charge is -2.43. The zero-order chi connectivity index (χ0) is 25.6. The first-order valence-corrected chi connectivity index (χ1v) is 13.5. The van der Waals surface area contributed by atoms with Gasteiger partial charge in [-0.25, -0.2) is 9.97 Å². The summed E-state index contributed by atoms with van der Waals surface area (Å²) < 4.78 is 16.1. The number of amidine groups is 1. The Labute approximate surface area is 220 Å². The van der Waals surface area contributed by atoms with Gasteiger partial charge in [-0.3, -0.25) is 14.3 Å². The summed E-state index contributed by atoms with van der Waals surface area (Å²) >= 11 is 9.84. The van der Waals surface area contributed by atoms with Gasteiger partial charge in [-0.15, -0.1) is 11.3 Å². The molecule has 2 aliphatic heterocycles. The summed E-state index contributed by atoms with van der Waals surface area (Å²) in [6, 6.07) is 5.73. The van der Waals surface area contributed by atoms with Crippen molar-refractivity contribution < 1.29 is 24.8 Å². The fourth-order valence-corrected chi connectivity index (χ4v) is 6.93. The van der Waals surface area contributed by atoms with Gasteiger partial charge in [0.15, 0.2) is 16.4 Å². The average Bonchev–Trinajstić information content (AvgIpc) is 3.52. The summed E-state index contributed by atoms with van der Waals surface area (Å²) in [7, 11) is 0. The zero-order valence-electron chi connectivity index (χ0n) is 19.6. The number of benzene rings is 1. The van der Waals surface area contributed by atoms with Gasteiger partial charge in [0.2, 0.25) is 5.12 Å². The van der Waals surface area contributed by atoms with Crippen LogP contribution in [0.15, 0.2) is 28.9 Å². The summed E-state index contributed by atoms with van der Waals surface area (Å²) in [5.41, 5.74) is 1.14. The lowest BCUT2D eigenvalue weighted by molar-refractivity contribution is -0.0520. The largest absolute Gasteiger partial charge is 0.494 e. The third-order valence-electron chi connectivity index (χ3n) is 6.05. The van der Waals surface area contributed by atoms with Crippen molar-refractivity contribution in [1.82, 2.24) is 18.8 Å². The van der Waals surface area contributed by atoms with E-state index >= 15 is 0 Å². The molecule has 0 aliphatic carbocycles. The van der Waals surface area contributed by atoms with Crippen LogP contribution in [0.2, 0.25) is 0 Å². The van der Waals surface area contributed by atoms with Gasteiger partial charge in [-0.1, -0.05) is 24.9 Å². The number of nitrogens with zero attached hydrogens (tertiary/aromatic N) is 4. The van der Waals surface area contributed by atoms with Crippen LogP contribution in [0.1, 0.15) is 38.6 Å². The molecule has 2 aromatic heterocycles. The second-order valence-electron chi connectivity index (χ2n) is 8.49. The Morgan fingerprint density at radius 2 is 2.14 bits per heavy atom. The van der Waals surface area contributed by atoms with E-state index in [1.54, 1.807) is 4.31 Å². The van der Waals surface area contributed by atoms with E-state index < -0.39 is 36.3 Å². The molecule has 1 aromatic carbocycles. The zero-order valence-corrected chi connectivity index (χ0v) is 22.0. The van der Waals surface area contributed by atoms with Crippen LogP contribution < -0.4 is 10.1 Å². The topological polar surface area (TPSA) is 149 Å². The van der Waals surface area contributed by atoms with E-state index in [0.29, 0.717) is 28.9 Å². The molecule has 1 saturated heterocycles. The number of ether oxygens (including phenoxy) is 2. The fourth-order valence-electron chi connectivity index (χ4n) is 4.34. The van der Waals surface area contributed by atoms with Crippen LogP contribution >= 0.6 is 34.9 Å². The fraction of sp³-hybridized carbons (Fsp3) is 0.500. The van der Waals surface area contributed by atoms with Gasteiger partial charge in [-0.05, 0) is 25.1 Å². The van der Waals surface area contributed by atoms with Crippen LogP contribution in [0.3, 0.4) is 0 Å². The van der Waals surface area contributed by atoms with Crippen LogP contribution in [-0.2, 0) is 4.74 Å². The first kappa shape index (κ1) is 25.5. The molecule has 0 radical (unpaired) electrons. The molecule has 14 heteroatoms. The van der Waals surface area contributed by atoms with Crippen molar-refractivity contribution in [2.45, 2.75) is 60.7 Å². The molecule has 0 bridgehead atoms. The molecule has 11 nitrogen and oxygen atoms in total. The molecular weight excluding hydrogens is 528 g/mol. The molecule has 1 fully saturated rings. The smallest absolute Gasteiger partial charge is 0.200 e. The number of aliphatic hydroxyl groups is 3. The van der Waals surface area contributed by atoms with Gasteiger partial charge in [-0.2, -0.15) is 0 Å². The number of fused-ring (bicyclic) bond motifs is 2. The number of halogens is 1. The molecule has 0 saturated carbocycles. The number of hydrogen-bond acceptors (Lipinski definition) is 11. The summed E-state index contributed by atoms with van der Waals surface area (Å²) in [5, 5.41) is 41.2. The Balaban J connectivity index is 1.47. The van der Waals surface area contributed by atoms with Gasteiger partial charge in [0.25, 0.3) is 0 Å². The molecule has 0 spiro atoms. The van der Waals surface area contributed by atoms with E-state index in [0.717, 1.165) is 22.4 Å². The Morgan fingerprint density at radius 3 is 2.83 bits per heavy atom. The van der Waals surface area contributed by atoms with E-state index in [1.165, 1.54) is 34.2 Å². The molecule has 5 atom stereocenters. The second-order valence-corrected chi connectivity index (χ2v) is 11.3. The highest BCUT2D eigenvalue weighted by Crippen LogP contribution is 2.46. The van der Waals surface area contributed by atoms with Crippen molar-refractivity contribution >= 4 is 56.8 Å². The maximum absolute atomic E-state index is 10.5. The minimum absolute atomic E-state index is 0.0666. The first-order valence-electron chi connectivity index (χ1n) is 11.6. The monoisotopic (exact) mass is 554 g/mol. The van der Waals surface area contributed by atoms with Crippen LogP contribution in [0, 0.1) is 5.41 Å². The number of aromatic nitrogens is 3. The number of thiazole rings is 1. The second kappa shape index (κ2) is 9.97. The lowest BCUT2D eigenvalue weighted by Crippen LogP contribution is -2.53. The molecule has 4 heterocycles. The van der Waals surface area contributed by atoms with Gasteiger partial charge >= 0.3 is 0 Å². The molecule has 5 N–H and O–H groups in total. The molecule has 5 rings (SSSR count). The molecule has 3 aromatic rings. The van der Waals surface area contributed by atoms with Crippen molar-refractivity contribution in [3.63, 3.8) is 0 Å². The number of hydrogen-bond donors (Lipinski definition) is 5. The third kappa shape index (κ3) is 4.32. The number of aliphatic hydroxyl groups excluding tert-OH is 3. The molecule has 0 amide bonds. The van der Waals surface area contributed by atoms with Gasteiger partial charge in [0.1, 0.15) is 35.6 Å². The highest BCUT2D eigenvalue weighted by atomic mass is 35.5. The van der Waals surface area contributed by atoms with Crippen molar-refractivity contribution in [3.05, 3.63) is 30.2 Å². The predicted octanol–water partition coefficient (Wildman–Crippen LogP) is 2.96. The Kier molecular flexibility index (Phi) is 7.07. The number of imidazole rings is 1. The maximum atomic E-state index is 10.5. The van der Waals surface area contributed by atoms with Crippen molar-refractivity contribution in [1.29, 1.82) is 5.41 Å². The third-order valence-corrected chi connectivity index (χ3v) is 8.81. The molecule has 2 aliphatic rings. The minimum Gasteiger partial charge on any atom is -0.494 e. The van der Waals surface area contributed by atoms with E-state index in [9.17, 15) is 15.3 Å². The van der Waals surface area contributed by atoms with Crippen molar-refractivity contribution in [2.75, 3.05) is 18.5 Å². The normalized spacial score (nSPS) is 27.9. The minimum atomic E-state index is -1.29. The van der Waals surface area contributed by atoms with Crippen LogP contribution in [0.25, 0.3) is 10.2 Å². The van der Waals surface area contributed by atoms with Gasteiger partial charge in [0, 0.05) is 18.4 Å². The van der Waals surface area contributed by atoms with Crippen LogP contribution in [0.4, 0.5) is 5.82 Å². The quantitative estimate of drug-likeness (QED) is 0.160. The van der Waals surface area contributed by atoms with E-state index in [-0.39, 0.29) is 5.84 Å². The van der Waals surface area contributed by atoms with Crippen LogP contribution in [0.5, 0.6) is 5.75 Å². The molecule has 0 unspecified atom stereocenters. The predicted molar refractivity (Wildman–Crippen MR) is 138 cm³/mol. The standard InChI is InChI=1S/C22H27ClN6O5S2/c1-3-7-22(23)27-19-15(25-10-28(19)20-17(32)16(31)13(9-30)34-20)18(24)29(22)36-21-26-12-6-5-11(33-4-2)8-14(12)35-21/h5-6,8,10,13,16-17,20,24,27,30-32H,3-4,7,9H2,1-2H3/t13-,16-,17-,20-,22-/m1/s1. The number of anilines is 1. The Hall–Kier alpha value is -2.13. The SMILES string of the molecule is CCC[C@@]1(Cl)Nc2c(ncn2[C@@H]2O[C@H](CO)[C@@H](O)[C@H]2O)C(=N)N1Sc1nc2ccc(OCC)cc2s1. The van der Waals surface area contributed by atoms with Crippen LogP contribution in [-0.4, -0.2) is 76.6 Å². The summed E-state index contributed by atoms with van der Waals surface area (Å²) in [4.78, 5) is 9.08. The number of alkyl halides is 1. The molecule has 36 heavy (non-hydrogen) atoms. The summed E-state index contributed by atoms with van der Waals surface area (Å²) in [6.45, 7) is 4.06. The first-order chi connectivity index (χ1) is 17.3. The van der Waals surface area contributed by atoms with E-state index in [1.807, 2.05) is 32.0 Å². The van der Waals surface area contributed by atoms with Crippen molar-refractivity contribution in [2.24, 2.45) is 0 Å². The summed E-state index contributed by atoms with van der Waals surface area (Å²) in [5.74, 6) is 1.23. The van der Waals surface area contributed by atoms with E-state index in [2.05, 4.69) is 10.3 Å². The number of nitrogens with one attached hydrogen (secondary N) is 2. The summed E-state index contributed by atoms with van der Waals surface area (Å²) in [6.07, 6.45) is -1.86. The lowest BCUT2D eigenvalue weighted by atomic mass is 10.1. The van der Waals surface area contributed by atoms with Gasteiger partial charge in [0.05, 0.1) is 29.8 Å². The van der Waals surface area contributed by atoms with E-state index in [4.69, 9.17) is 31.5 Å². The highest BCUT2D eigenvalue weighted by Gasteiger charge is 2.48. The van der Waals surface area contributed by atoms with Gasteiger partial charge < -0.3 is 30.1 Å². The number of rotatable bonds is 8. The molecular formula is C22H27ClN6O5S2. The van der Waals surface area contributed by atoms with Crippen molar-refractivity contribution in [3.8, 4) is 5.75 Å². The Bertz CT molecular complexity index is 1270. The Morgan fingerprint density at radius 1 is 1.33 bits per heavy atom. The highest BCUT2D eigenvalue weighted by molar-refractivity contribution is 7.99. The maximum Gasteiger partial charge on any atom is 0.200 e. The molecule has 194 valence electrons.